The molecule has 0 aromatic carbocycles. The molecule has 3 fully saturated rings. The molecule has 3 nitrogen and oxygen atoms in total. The number of hydrogen-bond donors (Lipinski definition) is 0. The monoisotopic (exact) mass is 202 g/mol. The van der Waals surface area contributed by atoms with Crippen LogP contribution in [0.25, 0.3) is 0 Å². The summed E-state index contributed by atoms with van der Waals surface area (Å²) in [5, 5.41) is -0.198. The molecular formula is C9H14O3S. The second kappa shape index (κ2) is 1.82. The van der Waals surface area contributed by atoms with Crippen LogP contribution in [0, 0.1) is 11.3 Å². The van der Waals surface area contributed by atoms with Gasteiger partial charge in [0.15, 0.2) is 0 Å². The fourth-order valence-electron chi connectivity index (χ4n) is 3.83. The maximum Gasteiger partial charge on any atom is 0.271 e. The highest BCUT2D eigenvalue weighted by molar-refractivity contribution is 7.87. The molecule has 2 aliphatic carbocycles. The first-order valence-electron chi connectivity index (χ1n) is 4.79. The molecule has 3 rings (SSSR count). The smallest absolute Gasteiger partial charge is 0.263 e. The molecule has 1 saturated heterocycles. The van der Waals surface area contributed by atoms with Gasteiger partial charge in [-0.1, -0.05) is 6.92 Å². The van der Waals surface area contributed by atoms with Gasteiger partial charge >= 0.3 is 0 Å². The standard InChI is InChI=1S/C9H14O3S/c1-8-3-6-7(4-8)13(10,11)12-9(6,2)5-8/h6-7H,3-5H2,1-2H3. The quantitative estimate of drug-likeness (QED) is 0.556. The largest absolute Gasteiger partial charge is 0.271 e. The van der Waals surface area contributed by atoms with Crippen molar-refractivity contribution in [3.63, 3.8) is 0 Å². The fourth-order valence-corrected chi connectivity index (χ4v) is 6.06. The first-order valence-corrected chi connectivity index (χ1v) is 6.26. The summed E-state index contributed by atoms with van der Waals surface area (Å²) in [7, 11) is -3.23. The maximum absolute atomic E-state index is 11.6. The molecule has 74 valence electrons. The Morgan fingerprint density at radius 3 is 2.46 bits per heavy atom. The van der Waals surface area contributed by atoms with E-state index in [1.54, 1.807) is 0 Å². The summed E-state index contributed by atoms with van der Waals surface area (Å²) < 4.78 is 28.5. The Labute approximate surface area is 78.6 Å². The minimum absolute atomic E-state index is 0.198. The van der Waals surface area contributed by atoms with Crippen molar-refractivity contribution in [3.05, 3.63) is 0 Å². The molecule has 0 amide bonds. The van der Waals surface area contributed by atoms with Crippen molar-refractivity contribution in [3.8, 4) is 0 Å². The first kappa shape index (κ1) is 8.24. The average Bonchev–Trinajstić information content (AvgIpc) is 2.37. The van der Waals surface area contributed by atoms with Crippen LogP contribution in [0.3, 0.4) is 0 Å². The highest BCUT2D eigenvalue weighted by atomic mass is 32.2. The zero-order valence-corrected chi connectivity index (χ0v) is 8.73. The van der Waals surface area contributed by atoms with E-state index >= 15 is 0 Å². The Morgan fingerprint density at radius 1 is 1.31 bits per heavy atom. The third kappa shape index (κ3) is 0.814. The SMILES string of the molecule is CC12CC3C(C1)S(=O)(=O)OC3(C)C2. The Kier molecular flexibility index (Phi) is 1.15. The van der Waals surface area contributed by atoms with Gasteiger partial charge in [-0.25, -0.2) is 0 Å². The second-order valence-corrected chi connectivity index (χ2v) is 7.19. The topological polar surface area (TPSA) is 43.4 Å². The van der Waals surface area contributed by atoms with Crippen molar-refractivity contribution >= 4 is 10.1 Å². The van der Waals surface area contributed by atoms with Crippen LogP contribution in [-0.2, 0) is 14.3 Å². The molecule has 2 saturated carbocycles. The summed E-state index contributed by atoms with van der Waals surface area (Å²) in [6, 6.07) is 0. The second-order valence-electron chi connectivity index (χ2n) is 5.43. The van der Waals surface area contributed by atoms with E-state index in [0.29, 0.717) is 0 Å². The van der Waals surface area contributed by atoms with E-state index in [4.69, 9.17) is 4.18 Å². The van der Waals surface area contributed by atoms with Gasteiger partial charge in [0.2, 0.25) is 0 Å². The van der Waals surface area contributed by atoms with E-state index in [1.807, 2.05) is 6.92 Å². The summed E-state index contributed by atoms with van der Waals surface area (Å²) in [5.74, 6) is 0.266. The van der Waals surface area contributed by atoms with Crippen molar-refractivity contribution in [1.29, 1.82) is 0 Å². The predicted octanol–water partition coefficient (Wildman–Crippen LogP) is 1.29. The minimum Gasteiger partial charge on any atom is -0.263 e. The third-order valence-electron chi connectivity index (χ3n) is 4.09. The van der Waals surface area contributed by atoms with E-state index in [1.165, 1.54) is 0 Å². The Hall–Kier alpha value is -0.0900. The third-order valence-corrected chi connectivity index (χ3v) is 5.94. The van der Waals surface area contributed by atoms with Gasteiger partial charge in [-0.15, -0.1) is 0 Å². The molecule has 4 heteroatoms. The fraction of sp³-hybridized carbons (Fsp3) is 1.00. The Balaban J connectivity index is 2.18. The molecule has 4 atom stereocenters. The van der Waals surface area contributed by atoms with Crippen molar-refractivity contribution in [1.82, 2.24) is 0 Å². The molecule has 0 spiro atoms. The summed E-state index contributed by atoms with van der Waals surface area (Å²) >= 11 is 0. The van der Waals surface area contributed by atoms with E-state index in [-0.39, 0.29) is 22.2 Å². The van der Waals surface area contributed by atoms with Gasteiger partial charge in [0.05, 0.1) is 10.9 Å². The van der Waals surface area contributed by atoms with Crippen molar-refractivity contribution in [2.24, 2.45) is 11.3 Å². The van der Waals surface area contributed by atoms with Crippen LogP contribution < -0.4 is 0 Å². The molecule has 13 heavy (non-hydrogen) atoms. The lowest BCUT2D eigenvalue weighted by Gasteiger charge is -2.28. The van der Waals surface area contributed by atoms with Crippen molar-refractivity contribution < 1.29 is 12.6 Å². The summed E-state index contributed by atoms with van der Waals surface area (Å²) in [4.78, 5) is 0. The number of hydrogen-bond acceptors (Lipinski definition) is 3. The zero-order chi connectivity index (χ0) is 9.48. The van der Waals surface area contributed by atoms with Gasteiger partial charge < -0.3 is 0 Å². The van der Waals surface area contributed by atoms with Crippen molar-refractivity contribution in [2.75, 3.05) is 0 Å². The molecule has 3 aliphatic rings. The van der Waals surface area contributed by atoms with Crippen LogP contribution in [0.4, 0.5) is 0 Å². The lowest BCUT2D eigenvalue weighted by atomic mass is 9.79. The van der Waals surface area contributed by atoms with Crippen LogP contribution in [0.15, 0.2) is 0 Å². The number of fused-ring (bicyclic) bond motifs is 1. The Bertz CT molecular complexity index is 374. The normalized spacial score (nSPS) is 61.7. The molecule has 1 heterocycles. The summed E-state index contributed by atoms with van der Waals surface area (Å²) in [5.41, 5.74) is -0.135. The van der Waals surface area contributed by atoms with E-state index in [0.717, 1.165) is 19.3 Å². The predicted molar refractivity (Wildman–Crippen MR) is 47.6 cm³/mol. The van der Waals surface area contributed by atoms with Gasteiger partial charge in [-0.2, -0.15) is 8.42 Å². The van der Waals surface area contributed by atoms with E-state index in [2.05, 4.69) is 6.92 Å². The molecule has 0 radical (unpaired) electrons. The summed E-state index contributed by atoms with van der Waals surface area (Å²) in [6.07, 6.45) is 2.77. The van der Waals surface area contributed by atoms with E-state index < -0.39 is 10.1 Å². The van der Waals surface area contributed by atoms with Crippen LogP contribution in [0.2, 0.25) is 0 Å². The highest BCUT2D eigenvalue weighted by Gasteiger charge is 2.69. The van der Waals surface area contributed by atoms with Crippen LogP contribution in [-0.4, -0.2) is 19.3 Å². The number of rotatable bonds is 0. The van der Waals surface area contributed by atoms with Crippen LogP contribution in [0.5, 0.6) is 0 Å². The molecule has 1 aliphatic heterocycles. The molecule has 0 aromatic rings. The molecule has 0 aromatic heterocycles. The molecular weight excluding hydrogens is 188 g/mol. The Morgan fingerprint density at radius 2 is 2.00 bits per heavy atom. The van der Waals surface area contributed by atoms with Crippen LogP contribution in [0.1, 0.15) is 33.1 Å². The lowest BCUT2D eigenvalue weighted by Crippen LogP contribution is -2.33. The highest BCUT2D eigenvalue weighted by Crippen LogP contribution is 2.65. The van der Waals surface area contributed by atoms with Gasteiger partial charge in [0.25, 0.3) is 10.1 Å². The maximum atomic E-state index is 11.6. The molecule has 0 N–H and O–H groups in total. The van der Waals surface area contributed by atoms with Gasteiger partial charge in [-0.05, 0) is 31.6 Å². The van der Waals surface area contributed by atoms with Gasteiger partial charge in [-0.3, -0.25) is 4.18 Å². The van der Waals surface area contributed by atoms with Crippen molar-refractivity contribution in [2.45, 2.75) is 44.0 Å². The molecule has 4 unspecified atom stereocenters. The van der Waals surface area contributed by atoms with E-state index in [9.17, 15) is 8.42 Å². The van der Waals surface area contributed by atoms with Gasteiger partial charge in [0.1, 0.15) is 0 Å². The zero-order valence-electron chi connectivity index (χ0n) is 7.91. The lowest BCUT2D eigenvalue weighted by molar-refractivity contribution is 0.0671. The first-order chi connectivity index (χ1) is 5.85. The van der Waals surface area contributed by atoms with Gasteiger partial charge in [0, 0.05) is 5.92 Å². The van der Waals surface area contributed by atoms with Crippen LogP contribution >= 0.6 is 0 Å². The molecule has 2 bridgehead atoms. The minimum atomic E-state index is -3.23. The summed E-state index contributed by atoms with van der Waals surface area (Å²) in [6.45, 7) is 4.15. The average molecular weight is 202 g/mol.